The van der Waals surface area contributed by atoms with E-state index in [0.29, 0.717) is 6.04 Å². The summed E-state index contributed by atoms with van der Waals surface area (Å²) in [6.45, 7) is 2.45. The molecule has 0 aromatic carbocycles. The van der Waals surface area contributed by atoms with Crippen molar-refractivity contribution in [2.45, 2.75) is 36.2 Å². The number of rotatable bonds is 0. The largest absolute Gasteiger partial charge is 0.327 e. The van der Waals surface area contributed by atoms with Crippen LogP contribution in [0.25, 0.3) is 0 Å². The van der Waals surface area contributed by atoms with E-state index in [2.05, 4.69) is 29.5 Å². The second kappa shape index (κ2) is 2.52. The van der Waals surface area contributed by atoms with Crippen LogP contribution in [0.15, 0.2) is 0 Å². The van der Waals surface area contributed by atoms with Gasteiger partial charge in [-0.2, -0.15) is 0 Å². The lowest BCUT2D eigenvalue weighted by Gasteiger charge is -2.66. The molecule has 16 heavy (non-hydrogen) atoms. The average Bonchev–Trinajstić information content (AvgIpc) is 2.42. The van der Waals surface area contributed by atoms with Gasteiger partial charge in [-0.15, -0.1) is 0 Å². The Bertz CT molecular complexity index is 357. The standard InChI is InChI=1S/C14H20IN/c1-5-10-12(15)11-7-3-2-6(7)8-4-9(13(5)16)14(8,10)11/h5-13H,2-4,16H2,1H3/t5-,6?,7?,8?,9?,10?,11?,12?,13?,14?/m0/s1. The molecule has 0 aromatic heterocycles. The molecule has 0 radical (unpaired) electrons. The third-order valence-electron chi connectivity index (χ3n) is 7.63. The van der Waals surface area contributed by atoms with E-state index in [1.807, 2.05) is 0 Å². The average molecular weight is 329 g/mol. The Kier molecular flexibility index (Phi) is 1.51. The predicted molar refractivity (Wildman–Crippen MR) is 72.2 cm³/mol. The van der Waals surface area contributed by atoms with E-state index in [-0.39, 0.29) is 0 Å². The van der Waals surface area contributed by atoms with Gasteiger partial charge in [0, 0.05) is 9.97 Å². The van der Waals surface area contributed by atoms with Crippen LogP contribution in [-0.4, -0.2) is 9.97 Å². The summed E-state index contributed by atoms with van der Waals surface area (Å²) in [4.78, 5) is 0. The first-order valence-corrected chi connectivity index (χ1v) is 8.33. The molecule has 0 aromatic rings. The molecule has 0 saturated heterocycles. The summed E-state index contributed by atoms with van der Waals surface area (Å²) in [5.74, 6) is 7.23. The maximum absolute atomic E-state index is 6.50. The predicted octanol–water partition coefficient (Wildman–Crippen LogP) is 2.68. The van der Waals surface area contributed by atoms with Crippen LogP contribution in [0.5, 0.6) is 0 Å². The second-order valence-corrected chi connectivity index (χ2v) is 8.72. The highest BCUT2D eigenvalue weighted by atomic mass is 127. The topological polar surface area (TPSA) is 26.0 Å². The summed E-state index contributed by atoms with van der Waals surface area (Å²) in [6, 6.07) is 0.543. The lowest BCUT2D eigenvalue weighted by atomic mass is 9.41. The molecule has 88 valence electrons. The first kappa shape index (κ1) is 9.60. The quantitative estimate of drug-likeness (QED) is 0.537. The summed E-state index contributed by atoms with van der Waals surface area (Å²) < 4.78 is 0.974. The van der Waals surface area contributed by atoms with Crippen LogP contribution in [-0.2, 0) is 0 Å². The minimum absolute atomic E-state index is 0.543. The molecular formula is C14H20IN. The molecule has 2 N–H and O–H groups in total. The van der Waals surface area contributed by atoms with Crippen LogP contribution in [0.3, 0.4) is 0 Å². The molecule has 0 bridgehead atoms. The van der Waals surface area contributed by atoms with Crippen molar-refractivity contribution >= 4 is 22.6 Å². The van der Waals surface area contributed by atoms with Crippen molar-refractivity contribution in [1.82, 2.24) is 0 Å². The smallest absolute Gasteiger partial charge is 0.0183 e. The number of hydrogen-bond donors (Lipinski definition) is 1. The zero-order valence-electron chi connectivity index (χ0n) is 9.77. The van der Waals surface area contributed by atoms with Gasteiger partial charge in [-0.3, -0.25) is 0 Å². The molecule has 5 fully saturated rings. The van der Waals surface area contributed by atoms with Crippen LogP contribution >= 0.6 is 22.6 Å². The second-order valence-electron chi connectivity index (χ2n) is 7.29. The van der Waals surface area contributed by atoms with Crippen molar-refractivity contribution in [2.75, 3.05) is 0 Å². The maximum Gasteiger partial charge on any atom is 0.0183 e. The minimum Gasteiger partial charge on any atom is -0.327 e. The van der Waals surface area contributed by atoms with Crippen LogP contribution in [0.1, 0.15) is 26.2 Å². The first-order valence-electron chi connectivity index (χ1n) is 7.08. The molecule has 1 nitrogen and oxygen atoms in total. The molecule has 5 aliphatic carbocycles. The highest BCUT2D eigenvalue weighted by Gasteiger charge is 2.85. The molecular weight excluding hydrogens is 309 g/mol. The summed E-state index contributed by atoms with van der Waals surface area (Å²) in [7, 11) is 0. The zero-order chi connectivity index (χ0) is 10.8. The van der Waals surface area contributed by atoms with E-state index in [9.17, 15) is 0 Å². The van der Waals surface area contributed by atoms with Crippen LogP contribution in [0.4, 0.5) is 0 Å². The molecule has 9 unspecified atom stereocenters. The number of hydrogen-bond acceptors (Lipinski definition) is 1. The maximum atomic E-state index is 6.50. The Hall–Kier alpha value is 0.690. The fourth-order valence-corrected chi connectivity index (χ4v) is 9.59. The lowest BCUT2D eigenvalue weighted by molar-refractivity contribution is -0.148. The normalized spacial score (nSPS) is 77.8. The van der Waals surface area contributed by atoms with Crippen molar-refractivity contribution in [1.29, 1.82) is 0 Å². The molecule has 1 spiro atoms. The van der Waals surface area contributed by atoms with Gasteiger partial charge >= 0.3 is 0 Å². The monoisotopic (exact) mass is 329 g/mol. The van der Waals surface area contributed by atoms with Gasteiger partial charge in [0.25, 0.3) is 0 Å². The Labute approximate surface area is 111 Å². The van der Waals surface area contributed by atoms with Gasteiger partial charge in [-0.1, -0.05) is 29.5 Å². The molecule has 10 atom stereocenters. The summed E-state index contributed by atoms with van der Waals surface area (Å²) in [5.41, 5.74) is 7.29. The van der Waals surface area contributed by atoms with Gasteiger partial charge in [0.05, 0.1) is 0 Å². The Morgan fingerprint density at radius 1 is 1.12 bits per heavy atom. The summed E-state index contributed by atoms with van der Waals surface area (Å²) in [6.07, 6.45) is 4.61. The number of nitrogens with two attached hydrogens (primary N) is 1. The van der Waals surface area contributed by atoms with E-state index in [1.165, 1.54) is 6.42 Å². The van der Waals surface area contributed by atoms with Gasteiger partial charge in [0.2, 0.25) is 0 Å². The fourth-order valence-electron chi connectivity index (χ4n) is 7.15. The summed E-state index contributed by atoms with van der Waals surface area (Å²) in [5, 5.41) is 0. The van der Waals surface area contributed by atoms with Gasteiger partial charge in [0.15, 0.2) is 0 Å². The van der Waals surface area contributed by atoms with E-state index in [4.69, 9.17) is 5.73 Å². The molecule has 5 rings (SSSR count). The van der Waals surface area contributed by atoms with E-state index < -0.39 is 0 Å². The molecule has 2 heteroatoms. The highest BCUT2D eigenvalue weighted by molar-refractivity contribution is 14.1. The van der Waals surface area contributed by atoms with Gasteiger partial charge in [0.1, 0.15) is 0 Å². The van der Waals surface area contributed by atoms with E-state index in [0.717, 1.165) is 50.8 Å². The van der Waals surface area contributed by atoms with Crippen molar-refractivity contribution in [3.63, 3.8) is 0 Å². The molecule has 5 saturated carbocycles. The summed E-state index contributed by atoms with van der Waals surface area (Å²) >= 11 is 2.78. The van der Waals surface area contributed by atoms with Crippen LogP contribution in [0, 0.1) is 46.8 Å². The zero-order valence-corrected chi connectivity index (χ0v) is 11.9. The van der Waals surface area contributed by atoms with Crippen molar-refractivity contribution in [2.24, 2.45) is 52.6 Å². The molecule has 0 aliphatic heterocycles. The van der Waals surface area contributed by atoms with Gasteiger partial charge in [-0.25, -0.2) is 0 Å². The third kappa shape index (κ3) is 0.638. The Morgan fingerprint density at radius 3 is 2.56 bits per heavy atom. The molecule has 0 amide bonds. The lowest BCUT2D eigenvalue weighted by Crippen LogP contribution is -2.65. The Morgan fingerprint density at radius 2 is 1.88 bits per heavy atom. The van der Waals surface area contributed by atoms with Crippen LogP contribution in [0.2, 0.25) is 0 Å². The van der Waals surface area contributed by atoms with Crippen molar-refractivity contribution in [3.05, 3.63) is 0 Å². The first-order chi connectivity index (χ1) is 7.69. The van der Waals surface area contributed by atoms with Gasteiger partial charge in [-0.05, 0) is 66.1 Å². The molecule has 5 aliphatic rings. The molecule has 0 heterocycles. The number of halogens is 1. The minimum atomic E-state index is 0.543. The van der Waals surface area contributed by atoms with Gasteiger partial charge < -0.3 is 5.73 Å². The highest BCUT2D eigenvalue weighted by Crippen LogP contribution is 2.87. The Balaban J connectivity index is 1.67. The SMILES string of the molecule is C[C@@H]1C(N)C2CC3C4CCC4C4C(I)C1C324. The number of fused-ring (bicyclic) bond motifs is 3. The number of alkyl halides is 1. The third-order valence-corrected chi connectivity index (χ3v) is 9.18. The van der Waals surface area contributed by atoms with Crippen molar-refractivity contribution < 1.29 is 0 Å². The van der Waals surface area contributed by atoms with E-state index >= 15 is 0 Å². The fraction of sp³-hybridized carbons (Fsp3) is 1.00. The van der Waals surface area contributed by atoms with E-state index in [1.54, 1.807) is 12.8 Å². The van der Waals surface area contributed by atoms with Crippen LogP contribution < -0.4 is 5.73 Å². The van der Waals surface area contributed by atoms with Crippen molar-refractivity contribution in [3.8, 4) is 0 Å².